The average molecular weight is 373 g/mol. The second kappa shape index (κ2) is 7.35. The zero-order valence-electron chi connectivity index (χ0n) is 16.0. The summed E-state index contributed by atoms with van der Waals surface area (Å²) < 4.78 is 0. The second-order valence-corrected chi connectivity index (χ2v) is 7.15. The number of fused-ring (bicyclic) bond motifs is 1. The Kier molecular flexibility index (Phi) is 4.74. The van der Waals surface area contributed by atoms with Crippen LogP contribution in [0, 0.1) is 6.92 Å². The van der Waals surface area contributed by atoms with Crippen LogP contribution in [0.2, 0.25) is 0 Å². The number of carbonyl (C=O) groups is 2. The molecule has 3 aromatic rings. The highest BCUT2D eigenvalue weighted by molar-refractivity contribution is 5.98. The van der Waals surface area contributed by atoms with Crippen LogP contribution >= 0.6 is 0 Å². The first kappa shape index (κ1) is 18.0. The van der Waals surface area contributed by atoms with Gasteiger partial charge < -0.3 is 10.6 Å². The van der Waals surface area contributed by atoms with E-state index in [9.17, 15) is 9.59 Å². The van der Waals surface area contributed by atoms with Crippen LogP contribution in [0.15, 0.2) is 60.7 Å². The molecular weight excluding hydrogens is 350 g/mol. The number of anilines is 1. The van der Waals surface area contributed by atoms with Crippen molar-refractivity contribution in [2.75, 3.05) is 18.0 Å². The lowest BCUT2D eigenvalue weighted by molar-refractivity contribution is 0.0940. The van der Waals surface area contributed by atoms with Gasteiger partial charge in [-0.05, 0) is 53.9 Å². The summed E-state index contributed by atoms with van der Waals surface area (Å²) in [5.41, 5.74) is 3.43. The molecule has 4 rings (SSSR count). The number of benzene rings is 3. The van der Waals surface area contributed by atoms with Crippen molar-refractivity contribution in [2.24, 2.45) is 0 Å². The van der Waals surface area contributed by atoms with Crippen molar-refractivity contribution in [1.82, 2.24) is 10.6 Å². The number of hydrogen-bond acceptors (Lipinski definition) is 2. The molecule has 1 heterocycles. The van der Waals surface area contributed by atoms with E-state index in [4.69, 9.17) is 0 Å². The molecular formula is C23H23N3O2. The van der Waals surface area contributed by atoms with Crippen molar-refractivity contribution >= 4 is 28.4 Å². The van der Waals surface area contributed by atoms with E-state index in [1.165, 1.54) is 0 Å². The van der Waals surface area contributed by atoms with Gasteiger partial charge in [-0.25, -0.2) is 4.79 Å². The summed E-state index contributed by atoms with van der Waals surface area (Å²) in [6.45, 7) is 5.20. The number of urea groups is 1. The van der Waals surface area contributed by atoms with Crippen LogP contribution in [-0.2, 0) is 0 Å². The molecule has 1 saturated heterocycles. The molecule has 3 amide bonds. The Bertz CT molecular complexity index is 1060. The average Bonchev–Trinajstić information content (AvgIpc) is 3.13. The molecule has 28 heavy (non-hydrogen) atoms. The fourth-order valence-corrected chi connectivity index (χ4v) is 3.79. The number of nitrogens with one attached hydrogen (secondary N) is 2. The first-order valence-corrected chi connectivity index (χ1v) is 9.49. The normalized spacial score (nSPS) is 14.8. The number of rotatable bonds is 4. The third-order valence-corrected chi connectivity index (χ3v) is 5.24. The van der Waals surface area contributed by atoms with Crippen molar-refractivity contribution in [3.05, 3.63) is 77.4 Å². The highest BCUT2D eigenvalue weighted by Gasteiger charge is 2.23. The standard InChI is InChI=1S/C23H23N3O2/c1-15-14-18(10-11-21(15)26-13-12-24-23(26)28)22(27)25-16(2)19-9-5-7-17-6-3-4-8-20(17)19/h3-11,14,16H,12-13H2,1-2H3,(H,24,28)(H,25,27). The zero-order valence-corrected chi connectivity index (χ0v) is 16.0. The van der Waals surface area contributed by atoms with Crippen molar-refractivity contribution in [3.8, 4) is 0 Å². The predicted octanol–water partition coefficient (Wildman–Crippen LogP) is 4.17. The van der Waals surface area contributed by atoms with Crippen LogP contribution in [0.25, 0.3) is 10.8 Å². The van der Waals surface area contributed by atoms with Gasteiger partial charge in [0.05, 0.1) is 6.04 Å². The van der Waals surface area contributed by atoms with E-state index < -0.39 is 0 Å². The summed E-state index contributed by atoms with van der Waals surface area (Å²) in [5, 5.41) is 8.20. The van der Waals surface area contributed by atoms with E-state index >= 15 is 0 Å². The molecule has 5 heteroatoms. The number of amides is 3. The molecule has 0 aliphatic carbocycles. The quantitative estimate of drug-likeness (QED) is 0.721. The minimum atomic E-state index is -0.124. The van der Waals surface area contributed by atoms with Gasteiger partial charge >= 0.3 is 6.03 Å². The number of aryl methyl sites for hydroxylation is 1. The highest BCUT2D eigenvalue weighted by Crippen LogP contribution is 2.26. The summed E-state index contributed by atoms with van der Waals surface area (Å²) in [6, 6.07) is 19.6. The first-order chi connectivity index (χ1) is 13.5. The molecule has 2 N–H and O–H groups in total. The minimum absolute atomic E-state index is 0.0927. The van der Waals surface area contributed by atoms with Crippen LogP contribution in [0.1, 0.15) is 34.5 Å². The fraction of sp³-hybridized carbons (Fsp3) is 0.217. The smallest absolute Gasteiger partial charge is 0.322 e. The Morgan fingerprint density at radius 1 is 1.11 bits per heavy atom. The maximum absolute atomic E-state index is 12.8. The molecule has 1 unspecified atom stereocenters. The van der Waals surface area contributed by atoms with Crippen LogP contribution in [-0.4, -0.2) is 25.0 Å². The maximum atomic E-state index is 12.8. The highest BCUT2D eigenvalue weighted by atomic mass is 16.2. The van der Waals surface area contributed by atoms with Gasteiger partial charge in [0.2, 0.25) is 0 Å². The Morgan fingerprint density at radius 2 is 1.89 bits per heavy atom. The van der Waals surface area contributed by atoms with Gasteiger partial charge in [-0.15, -0.1) is 0 Å². The van der Waals surface area contributed by atoms with Gasteiger partial charge in [-0.3, -0.25) is 9.69 Å². The lowest BCUT2D eigenvalue weighted by Gasteiger charge is -2.19. The Labute approximate surface area is 164 Å². The van der Waals surface area contributed by atoms with Crippen LogP contribution in [0.5, 0.6) is 0 Å². The van der Waals surface area contributed by atoms with Gasteiger partial charge in [-0.2, -0.15) is 0 Å². The molecule has 1 atom stereocenters. The zero-order chi connectivity index (χ0) is 19.7. The van der Waals surface area contributed by atoms with Crippen molar-refractivity contribution in [2.45, 2.75) is 19.9 Å². The molecule has 142 valence electrons. The van der Waals surface area contributed by atoms with Crippen LogP contribution in [0.3, 0.4) is 0 Å². The molecule has 5 nitrogen and oxygen atoms in total. The van der Waals surface area contributed by atoms with Gasteiger partial charge in [0.25, 0.3) is 5.91 Å². The van der Waals surface area contributed by atoms with Gasteiger partial charge in [0.15, 0.2) is 0 Å². The summed E-state index contributed by atoms with van der Waals surface area (Å²) in [7, 11) is 0. The summed E-state index contributed by atoms with van der Waals surface area (Å²) in [4.78, 5) is 26.4. The predicted molar refractivity (Wildman–Crippen MR) is 112 cm³/mol. The Balaban J connectivity index is 1.55. The monoisotopic (exact) mass is 373 g/mol. The topological polar surface area (TPSA) is 61.4 Å². The summed E-state index contributed by atoms with van der Waals surface area (Å²) in [6.07, 6.45) is 0. The molecule has 0 bridgehead atoms. The van der Waals surface area contributed by atoms with Crippen molar-refractivity contribution in [1.29, 1.82) is 0 Å². The van der Waals surface area contributed by atoms with Crippen molar-refractivity contribution < 1.29 is 9.59 Å². The van der Waals surface area contributed by atoms with E-state index in [-0.39, 0.29) is 18.0 Å². The Hall–Kier alpha value is -3.34. The molecule has 1 fully saturated rings. The van der Waals surface area contributed by atoms with Crippen LogP contribution < -0.4 is 15.5 Å². The van der Waals surface area contributed by atoms with E-state index in [0.717, 1.165) is 27.6 Å². The van der Waals surface area contributed by atoms with Gasteiger partial charge in [-0.1, -0.05) is 42.5 Å². The lowest BCUT2D eigenvalue weighted by Crippen LogP contribution is -2.29. The summed E-state index contributed by atoms with van der Waals surface area (Å²) >= 11 is 0. The van der Waals surface area contributed by atoms with E-state index in [0.29, 0.717) is 18.7 Å². The van der Waals surface area contributed by atoms with Crippen molar-refractivity contribution in [3.63, 3.8) is 0 Å². The molecule has 0 aromatic heterocycles. The molecule has 0 spiro atoms. The molecule has 1 aliphatic heterocycles. The van der Waals surface area contributed by atoms with Crippen LogP contribution in [0.4, 0.5) is 10.5 Å². The van der Waals surface area contributed by atoms with E-state index in [2.05, 4.69) is 28.8 Å². The molecule has 1 aliphatic rings. The van der Waals surface area contributed by atoms with E-state index in [1.807, 2.05) is 50.2 Å². The fourth-order valence-electron chi connectivity index (χ4n) is 3.79. The second-order valence-electron chi connectivity index (χ2n) is 7.15. The SMILES string of the molecule is Cc1cc(C(=O)NC(C)c2cccc3ccccc23)ccc1N1CCNC1=O. The molecule has 0 radical (unpaired) electrons. The Morgan fingerprint density at radius 3 is 2.64 bits per heavy atom. The van der Waals surface area contributed by atoms with Gasteiger partial charge in [0, 0.05) is 24.3 Å². The lowest BCUT2D eigenvalue weighted by atomic mass is 9.99. The summed E-state index contributed by atoms with van der Waals surface area (Å²) in [5.74, 6) is -0.124. The molecule has 0 saturated carbocycles. The number of hydrogen-bond donors (Lipinski definition) is 2. The third-order valence-electron chi connectivity index (χ3n) is 5.24. The van der Waals surface area contributed by atoms with Gasteiger partial charge in [0.1, 0.15) is 0 Å². The minimum Gasteiger partial charge on any atom is -0.345 e. The van der Waals surface area contributed by atoms with E-state index in [1.54, 1.807) is 11.0 Å². The largest absolute Gasteiger partial charge is 0.345 e. The number of nitrogens with zero attached hydrogens (tertiary/aromatic N) is 1. The number of carbonyl (C=O) groups excluding carboxylic acids is 2. The molecule has 3 aromatic carbocycles. The maximum Gasteiger partial charge on any atom is 0.322 e. The first-order valence-electron chi connectivity index (χ1n) is 9.49. The third kappa shape index (κ3) is 3.31.